The molecule has 1 atom stereocenters. The van der Waals surface area contributed by atoms with Crippen molar-refractivity contribution >= 4 is 16.7 Å². The van der Waals surface area contributed by atoms with Gasteiger partial charge in [-0.3, -0.25) is 9.36 Å². The van der Waals surface area contributed by atoms with Crippen LogP contribution in [0.25, 0.3) is 22.2 Å². The second kappa shape index (κ2) is 10.6. The number of para-hydroxylation sites is 1. The van der Waals surface area contributed by atoms with Crippen LogP contribution in [-0.2, 0) is 12.7 Å². The Morgan fingerprint density at radius 2 is 1.92 bits per heavy atom. The molecule has 0 bridgehead atoms. The van der Waals surface area contributed by atoms with Crippen molar-refractivity contribution in [1.29, 1.82) is 0 Å². The molecular weight excluding hydrogens is 501 g/mol. The van der Waals surface area contributed by atoms with Gasteiger partial charge in [-0.2, -0.15) is 23.4 Å². The topological polar surface area (TPSA) is 110 Å². The number of nitrogens with one attached hydrogen (secondary N) is 1. The molecule has 202 valence electrons. The molecule has 5 rings (SSSR count). The van der Waals surface area contributed by atoms with Crippen LogP contribution < -0.4 is 10.1 Å². The molecule has 0 radical (unpaired) electrons. The van der Waals surface area contributed by atoms with E-state index in [9.17, 15) is 18.3 Å². The van der Waals surface area contributed by atoms with Crippen LogP contribution >= 0.6 is 0 Å². The number of aromatic nitrogens is 5. The van der Waals surface area contributed by atoms with Crippen LogP contribution in [0.5, 0.6) is 5.75 Å². The monoisotopic (exact) mass is 530 g/mol. The number of alkyl halides is 3. The van der Waals surface area contributed by atoms with Crippen LogP contribution in [-0.4, -0.2) is 60.6 Å². The van der Waals surface area contributed by atoms with Crippen LogP contribution in [0.3, 0.4) is 0 Å². The molecule has 9 nitrogen and oxygen atoms in total. The molecule has 38 heavy (non-hydrogen) atoms. The van der Waals surface area contributed by atoms with Crippen molar-refractivity contribution in [3.63, 3.8) is 0 Å². The molecule has 0 saturated heterocycles. The van der Waals surface area contributed by atoms with Crippen LogP contribution in [0.15, 0.2) is 48.9 Å². The Morgan fingerprint density at radius 1 is 1.16 bits per heavy atom. The average molecular weight is 531 g/mol. The van der Waals surface area contributed by atoms with Crippen molar-refractivity contribution < 1.29 is 28.1 Å². The number of aliphatic hydroxyl groups is 2. The van der Waals surface area contributed by atoms with Gasteiger partial charge in [-0.1, -0.05) is 12.1 Å². The lowest BCUT2D eigenvalue weighted by atomic mass is 9.93. The van der Waals surface area contributed by atoms with Crippen LogP contribution in [0, 0.1) is 0 Å². The van der Waals surface area contributed by atoms with E-state index in [-0.39, 0.29) is 31.0 Å². The molecule has 12 heteroatoms. The summed E-state index contributed by atoms with van der Waals surface area (Å²) in [6.07, 6.45) is 2.03. The molecule has 1 saturated carbocycles. The zero-order chi connectivity index (χ0) is 26.9. The highest BCUT2D eigenvalue weighted by Crippen LogP contribution is 2.39. The SMILES string of the molecule is CNc1cc2c(cn1)c(-c1cnn(C[C@@H](O)CO)c1)nn2[C@H]1CC[C@@H](Oc2ccccc2C(F)(F)F)CC1. The summed E-state index contributed by atoms with van der Waals surface area (Å²) in [6.45, 7) is -0.212. The molecule has 0 aliphatic heterocycles. The fraction of sp³-hybridized carbons (Fsp3) is 0.423. The van der Waals surface area contributed by atoms with E-state index in [1.54, 1.807) is 36.4 Å². The van der Waals surface area contributed by atoms with E-state index in [0.29, 0.717) is 37.2 Å². The number of hydrogen-bond acceptors (Lipinski definition) is 7. The third-order valence-corrected chi connectivity index (χ3v) is 6.84. The zero-order valence-electron chi connectivity index (χ0n) is 20.8. The van der Waals surface area contributed by atoms with Gasteiger partial charge in [0.1, 0.15) is 17.3 Å². The normalized spacial score (nSPS) is 19.0. The van der Waals surface area contributed by atoms with Crippen molar-refractivity contribution in [2.24, 2.45) is 0 Å². The van der Waals surface area contributed by atoms with Crippen LogP contribution in [0.4, 0.5) is 19.0 Å². The molecule has 0 spiro atoms. The fourth-order valence-corrected chi connectivity index (χ4v) is 4.91. The lowest BCUT2D eigenvalue weighted by molar-refractivity contribution is -0.139. The maximum absolute atomic E-state index is 13.4. The van der Waals surface area contributed by atoms with Gasteiger partial charge in [-0.25, -0.2) is 4.98 Å². The van der Waals surface area contributed by atoms with Crippen molar-refractivity contribution in [3.8, 4) is 17.0 Å². The van der Waals surface area contributed by atoms with Crippen molar-refractivity contribution in [2.45, 2.75) is 56.7 Å². The Kier molecular flexibility index (Phi) is 7.26. The highest BCUT2D eigenvalue weighted by atomic mass is 19.4. The molecule has 4 aromatic rings. The lowest BCUT2D eigenvalue weighted by Crippen LogP contribution is -2.27. The van der Waals surface area contributed by atoms with Gasteiger partial charge in [0.2, 0.25) is 0 Å². The minimum Gasteiger partial charge on any atom is -0.490 e. The maximum atomic E-state index is 13.4. The summed E-state index contributed by atoms with van der Waals surface area (Å²) in [7, 11) is 1.79. The summed E-state index contributed by atoms with van der Waals surface area (Å²) in [5, 5.41) is 32.0. The molecular formula is C26H29F3N6O3. The molecule has 1 aliphatic rings. The molecule has 3 aromatic heterocycles. The number of halogens is 3. The largest absolute Gasteiger partial charge is 0.490 e. The minimum absolute atomic E-state index is 0.0299. The number of anilines is 1. The standard InChI is InChI=1S/C26H29F3N6O3/c1-30-24-10-22-20(12-31-24)25(16-11-32-34(13-16)14-18(37)15-36)33-35(22)17-6-8-19(9-7-17)38-23-5-3-2-4-21(23)26(27,28)29/h2-5,10-13,17-19,36-37H,6-9,14-15H2,1H3,(H,30,31)/t17-,18-,19+/m1/s1. The smallest absolute Gasteiger partial charge is 0.419 e. The molecule has 0 unspecified atom stereocenters. The summed E-state index contributed by atoms with van der Waals surface area (Å²) in [4.78, 5) is 4.45. The van der Waals surface area contributed by atoms with E-state index in [0.717, 1.165) is 22.5 Å². The first-order chi connectivity index (χ1) is 18.3. The van der Waals surface area contributed by atoms with Crippen molar-refractivity contribution in [2.75, 3.05) is 19.0 Å². The number of nitrogens with zero attached hydrogens (tertiary/aromatic N) is 5. The maximum Gasteiger partial charge on any atom is 0.419 e. The Balaban J connectivity index is 1.38. The Bertz CT molecular complexity index is 1390. The van der Waals surface area contributed by atoms with Crippen LogP contribution in [0.2, 0.25) is 0 Å². The van der Waals surface area contributed by atoms with E-state index < -0.39 is 17.8 Å². The van der Waals surface area contributed by atoms with Gasteiger partial charge in [-0.05, 0) is 37.8 Å². The molecule has 0 amide bonds. The van der Waals surface area contributed by atoms with E-state index in [1.807, 2.05) is 10.7 Å². The highest BCUT2D eigenvalue weighted by molar-refractivity contribution is 5.93. The summed E-state index contributed by atoms with van der Waals surface area (Å²) in [6, 6.07) is 7.27. The summed E-state index contributed by atoms with van der Waals surface area (Å²) in [5.41, 5.74) is 1.56. The summed E-state index contributed by atoms with van der Waals surface area (Å²) < 4.78 is 49.5. The molecule has 3 heterocycles. The number of benzene rings is 1. The first-order valence-corrected chi connectivity index (χ1v) is 12.5. The second-order valence-corrected chi connectivity index (χ2v) is 9.46. The summed E-state index contributed by atoms with van der Waals surface area (Å²) in [5.74, 6) is 0.552. The number of aliphatic hydroxyl groups excluding tert-OH is 2. The third-order valence-electron chi connectivity index (χ3n) is 6.84. The van der Waals surface area contributed by atoms with E-state index >= 15 is 0 Å². The van der Waals surface area contributed by atoms with Crippen molar-refractivity contribution in [1.82, 2.24) is 24.5 Å². The average Bonchev–Trinajstić information content (AvgIpc) is 3.53. The molecule has 1 fully saturated rings. The van der Waals surface area contributed by atoms with Gasteiger partial charge in [-0.15, -0.1) is 0 Å². The van der Waals surface area contributed by atoms with E-state index in [1.165, 1.54) is 12.1 Å². The van der Waals surface area contributed by atoms with Crippen molar-refractivity contribution in [3.05, 3.63) is 54.5 Å². The molecule has 1 aromatic carbocycles. The zero-order valence-corrected chi connectivity index (χ0v) is 20.8. The predicted molar refractivity (Wildman–Crippen MR) is 135 cm³/mol. The fourth-order valence-electron chi connectivity index (χ4n) is 4.91. The van der Waals surface area contributed by atoms with E-state index in [2.05, 4.69) is 15.4 Å². The lowest BCUT2D eigenvalue weighted by Gasteiger charge is -2.30. The Labute approximate surface area is 216 Å². The number of hydrogen-bond donors (Lipinski definition) is 3. The van der Waals surface area contributed by atoms with Crippen LogP contribution in [0.1, 0.15) is 37.3 Å². The summed E-state index contributed by atoms with van der Waals surface area (Å²) >= 11 is 0. The number of pyridine rings is 1. The number of ether oxygens (including phenoxy) is 1. The first kappa shape index (κ1) is 26.0. The quantitative estimate of drug-likeness (QED) is 0.312. The predicted octanol–water partition coefficient (Wildman–Crippen LogP) is 4.27. The second-order valence-electron chi connectivity index (χ2n) is 9.46. The Hall–Kier alpha value is -3.64. The van der Waals surface area contributed by atoms with Gasteiger partial charge < -0.3 is 20.3 Å². The van der Waals surface area contributed by atoms with E-state index in [4.69, 9.17) is 14.9 Å². The number of rotatable bonds is 8. The number of fused-ring (bicyclic) bond motifs is 1. The third kappa shape index (κ3) is 5.32. The molecule has 3 N–H and O–H groups in total. The minimum atomic E-state index is -4.47. The first-order valence-electron chi connectivity index (χ1n) is 12.5. The van der Waals surface area contributed by atoms with Gasteiger partial charge in [0, 0.05) is 36.5 Å². The molecule has 1 aliphatic carbocycles. The van der Waals surface area contributed by atoms with Gasteiger partial charge >= 0.3 is 6.18 Å². The van der Waals surface area contributed by atoms with Gasteiger partial charge in [0.25, 0.3) is 0 Å². The van der Waals surface area contributed by atoms with Gasteiger partial charge in [0.15, 0.2) is 0 Å². The Morgan fingerprint density at radius 3 is 2.63 bits per heavy atom. The highest BCUT2D eigenvalue weighted by Gasteiger charge is 2.35. The van der Waals surface area contributed by atoms with Gasteiger partial charge in [0.05, 0.1) is 48.7 Å².